The van der Waals surface area contributed by atoms with E-state index in [0.717, 1.165) is 24.8 Å². The van der Waals surface area contributed by atoms with E-state index >= 15 is 0 Å². The minimum absolute atomic E-state index is 0.119. The van der Waals surface area contributed by atoms with Gasteiger partial charge in [0.1, 0.15) is 0 Å². The van der Waals surface area contributed by atoms with E-state index in [0.29, 0.717) is 0 Å². The smallest absolute Gasteiger partial charge is 0.0779 e. The molecule has 0 aliphatic heterocycles. The Bertz CT molecular complexity index is 386. The number of halogens is 1. The van der Waals surface area contributed by atoms with Crippen LogP contribution in [0.5, 0.6) is 0 Å². The Morgan fingerprint density at radius 2 is 2.13 bits per heavy atom. The molecule has 2 atom stereocenters. The lowest BCUT2D eigenvalue weighted by Crippen LogP contribution is -2.26. The maximum Gasteiger partial charge on any atom is 0.0779 e. The van der Waals surface area contributed by atoms with Crippen molar-refractivity contribution in [3.8, 4) is 0 Å². The number of hydrogen-bond donors (Lipinski definition) is 0. The molecule has 0 radical (unpaired) electrons. The average Bonchev–Trinajstić information content (AvgIpc) is 2.64. The third kappa shape index (κ3) is 1.81. The molecule has 1 saturated carbocycles. The first-order chi connectivity index (χ1) is 7.27. The van der Waals surface area contributed by atoms with Crippen LogP contribution in [0.25, 0.3) is 10.4 Å². The van der Waals surface area contributed by atoms with E-state index in [1.807, 2.05) is 30.3 Å². The topological polar surface area (TPSA) is 48.8 Å². The van der Waals surface area contributed by atoms with Crippen molar-refractivity contribution in [1.82, 2.24) is 0 Å². The van der Waals surface area contributed by atoms with Crippen molar-refractivity contribution in [2.24, 2.45) is 5.11 Å². The van der Waals surface area contributed by atoms with Crippen molar-refractivity contribution in [3.63, 3.8) is 0 Å². The summed E-state index contributed by atoms with van der Waals surface area (Å²) in [4.78, 5) is 2.39. The fourth-order valence-electron chi connectivity index (χ4n) is 2.21. The minimum atomic E-state index is -0.493. The summed E-state index contributed by atoms with van der Waals surface area (Å²) in [6.07, 6.45) is 2.77. The van der Waals surface area contributed by atoms with Crippen molar-refractivity contribution in [2.45, 2.75) is 30.2 Å². The second-order valence-electron chi connectivity index (χ2n) is 3.84. The molecule has 4 heteroatoms. The molecule has 3 nitrogen and oxygen atoms in total. The summed E-state index contributed by atoms with van der Waals surface area (Å²) < 4.78 is 0. The highest BCUT2D eigenvalue weighted by Crippen LogP contribution is 2.46. The lowest BCUT2D eigenvalue weighted by atomic mass is 9.93. The van der Waals surface area contributed by atoms with Crippen LogP contribution in [-0.2, 0) is 4.87 Å². The first-order valence-corrected chi connectivity index (χ1v) is 5.44. The largest absolute Gasteiger partial charge is 0.114 e. The normalized spacial score (nSPS) is 29.8. The molecule has 15 heavy (non-hydrogen) atoms. The fourth-order valence-corrected chi connectivity index (χ4v) is 2.62. The van der Waals surface area contributed by atoms with Gasteiger partial charge in [-0.3, -0.25) is 0 Å². The summed E-state index contributed by atoms with van der Waals surface area (Å²) >= 11 is 6.58. The van der Waals surface area contributed by atoms with Crippen molar-refractivity contribution >= 4 is 11.6 Å². The SMILES string of the molecule is [N-]=[N+]=N[C@H]1CCC[C@@]1(Cl)c1ccccc1. The zero-order valence-electron chi connectivity index (χ0n) is 8.31. The Balaban J connectivity index is 2.37. The first kappa shape index (κ1) is 10.3. The highest BCUT2D eigenvalue weighted by Gasteiger charge is 2.41. The Morgan fingerprint density at radius 3 is 2.80 bits per heavy atom. The van der Waals surface area contributed by atoms with Gasteiger partial charge in [-0.1, -0.05) is 41.9 Å². The number of hydrogen-bond acceptors (Lipinski definition) is 1. The van der Waals surface area contributed by atoms with E-state index in [2.05, 4.69) is 10.0 Å². The van der Waals surface area contributed by atoms with Crippen LogP contribution in [0, 0.1) is 0 Å². The minimum Gasteiger partial charge on any atom is -0.114 e. The van der Waals surface area contributed by atoms with Crippen LogP contribution in [0.4, 0.5) is 0 Å². The van der Waals surface area contributed by atoms with E-state index in [9.17, 15) is 0 Å². The quantitative estimate of drug-likeness (QED) is 0.314. The zero-order valence-corrected chi connectivity index (χ0v) is 9.06. The molecule has 78 valence electrons. The van der Waals surface area contributed by atoms with E-state index < -0.39 is 4.87 Å². The van der Waals surface area contributed by atoms with Gasteiger partial charge < -0.3 is 0 Å². The Kier molecular flexibility index (Phi) is 2.85. The Hall–Kier alpha value is -1.18. The van der Waals surface area contributed by atoms with Gasteiger partial charge in [-0.05, 0) is 23.9 Å². The molecule has 1 fully saturated rings. The van der Waals surface area contributed by atoms with Crippen LogP contribution in [-0.4, -0.2) is 6.04 Å². The first-order valence-electron chi connectivity index (χ1n) is 5.06. The lowest BCUT2D eigenvalue weighted by Gasteiger charge is -2.26. The molecule has 0 aromatic heterocycles. The molecule has 1 aromatic carbocycles. The summed E-state index contributed by atoms with van der Waals surface area (Å²) in [6, 6.07) is 9.76. The van der Waals surface area contributed by atoms with Crippen LogP contribution >= 0.6 is 11.6 Å². The van der Waals surface area contributed by atoms with Crippen molar-refractivity contribution in [1.29, 1.82) is 0 Å². The predicted octanol–water partition coefficient (Wildman–Crippen LogP) is 3.98. The molecule has 1 aliphatic carbocycles. The van der Waals surface area contributed by atoms with E-state index in [4.69, 9.17) is 17.1 Å². The van der Waals surface area contributed by atoms with Crippen molar-refractivity contribution < 1.29 is 0 Å². The van der Waals surface area contributed by atoms with Crippen LogP contribution in [0.2, 0.25) is 0 Å². The maximum atomic E-state index is 8.51. The van der Waals surface area contributed by atoms with E-state index in [-0.39, 0.29) is 6.04 Å². The molecule has 0 unspecified atom stereocenters. The molecular weight excluding hydrogens is 210 g/mol. The van der Waals surface area contributed by atoms with Gasteiger partial charge in [-0.2, -0.15) is 0 Å². The zero-order chi connectivity index (χ0) is 10.7. The second-order valence-corrected chi connectivity index (χ2v) is 4.52. The maximum absolute atomic E-state index is 8.51. The van der Waals surface area contributed by atoms with Gasteiger partial charge >= 0.3 is 0 Å². The molecule has 0 heterocycles. The van der Waals surface area contributed by atoms with Crippen LogP contribution in [0.3, 0.4) is 0 Å². The number of alkyl halides is 1. The van der Waals surface area contributed by atoms with Crippen LogP contribution in [0.1, 0.15) is 24.8 Å². The fraction of sp³-hybridized carbons (Fsp3) is 0.455. The summed E-state index contributed by atoms with van der Waals surface area (Å²) in [5.74, 6) is 0. The summed E-state index contributed by atoms with van der Waals surface area (Å²) in [6.45, 7) is 0. The molecule has 0 N–H and O–H groups in total. The molecule has 2 rings (SSSR count). The van der Waals surface area contributed by atoms with Gasteiger partial charge in [0.2, 0.25) is 0 Å². The Labute approximate surface area is 93.7 Å². The van der Waals surface area contributed by atoms with Gasteiger partial charge in [-0.25, -0.2) is 0 Å². The van der Waals surface area contributed by atoms with Crippen LogP contribution < -0.4 is 0 Å². The number of benzene rings is 1. The molecule has 0 spiro atoms. The molecular formula is C11H12ClN3. The van der Waals surface area contributed by atoms with Gasteiger partial charge in [0.25, 0.3) is 0 Å². The highest BCUT2D eigenvalue weighted by molar-refractivity contribution is 6.24. The molecule has 0 amide bonds. The molecule has 0 bridgehead atoms. The van der Waals surface area contributed by atoms with Crippen molar-refractivity contribution in [3.05, 3.63) is 46.3 Å². The Morgan fingerprint density at radius 1 is 1.40 bits per heavy atom. The lowest BCUT2D eigenvalue weighted by molar-refractivity contribution is 0.545. The second kappa shape index (κ2) is 4.13. The molecule has 1 aromatic rings. The molecule has 0 saturated heterocycles. The monoisotopic (exact) mass is 221 g/mol. The predicted molar refractivity (Wildman–Crippen MR) is 60.8 cm³/mol. The highest BCUT2D eigenvalue weighted by atomic mass is 35.5. The standard InChI is InChI=1S/C11H12ClN3/c12-11(9-5-2-1-3-6-9)8-4-7-10(11)14-15-13/h1-3,5-6,10H,4,7-8H2/t10-,11+/m0/s1. The third-order valence-corrected chi connectivity index (χ3v) is 3.65. The van der Waals surface area contributed by atoms with E-state index in [1.54, 1.807) is 0 Å². The van der Waals surface area contributed by atoms with Gasteiger partial charge in [0, 0.05) is 4.91 Å². The number of nitrogens with zero attached hydrogens (tertiary/aromatic N) is 3. The van der Waals surface area contributed by atoms with Crippen molar-refractivity contribution in [2.75, 3.05) is 0 Å². The third-order valence-electron chi connectivity index (χ3n) is 2.99. The van der Waals surface area contributed by atoms with Gasteiger partial charge in [0.15, 0.2) is 0 Å². The average molecular weight is 222 g/mol. The van der Waals surface area contributed by atoms with E-state index in [1.165, 1.54) is 0 Å². The van der Waals surface area contributed by atoms with Crippen LogP contribution in [0.15, 0.2) is 35.4 Å². The summed E-state index contributed by atoms with van der Waals surface area (Å²) in [5, 5.41) is 3.80. The van der Waals surface area contributed by atoms with Gasteiger partial charge in [-0.15, -0.1) is 11.6 Å². The summed E-state index contributed by atoms with van der Waals surface area (Å²) in [7, 11) is 0. The molecule has 1 aliphatic rings. The number of azide groups is 1. The summed E-state index contributed by atoms with van der Waals surface area (Å²) in [5.41, 5.74) is 9.56. The van der Waals surface area contributed by atoms with Gasteiger partial charge in [0.05, 0.1) is 10.9 Å². The number of rotatable bonds is 2.